The van der Waals surface area contributed by atoms with Crippen LogP contribution in [0.5, 0.6) is 0 Å². The van der Waals surface area contributed by atoms with Gasteiger partial charge in [0.2, 0.25) is 0 Å². The van der Waals surface area contributed by atoms with Crippen LogP contribution in [0.25, 0.3) is 11.1 Å². The van der Waals surface area contributed by atoms with Crippen molar-refractivity contribution in [3.05, 3.63) is 34.8 Å². The lowest BCUT2D eigenvalue weighted by atomic mass is 10.2. The number of oxazole rings is 1. The maximum atomic E-state index is 11.7. The fourth-order valence-electron chi connectivity index (χ4n) is 1.87. The minimum Gasteiger partial charge on any atom is -0.467 e. The summed E-state index contributed by atoms with van der Waals surface area (Å²) in [4.78, 5) is 23.4. The van der Waals surface area contributed by atoms with E-state index >= 15 is 0 Å². The van der Waals surface area contributed by atoms with Crippen LogP contribution in [0.1, 0.15) is 19.4 Å². The monoisotopic (exact) mass is 235 g/mol. The summed E-state index contributed by atoms with van der Waals surface area (Å²) < 4.78 is 11.1. The number of esters is 1. The topological polar surface area (TPSA) is 61.4 Å². The van der Waals surface area contributed by atoms with E-state index in [1.807, 2.05) is 6.92 Å². The van der Waals surface area contributed by atoms with Crippen molar-refractivity contribution >= 4 is 17.1 Å². The fourth-order valence-corrected chi connectivity index (χ4v) is 1.87. The quantitative estimate of drug-likeness (QED) is 0.760. The lowest BCUT2D eigenvalue weighted by molar-refractivity contribution is -0.144. The Hall–Kier alpha value is -2.04. The molecule has 1 aromatic carbocycles. The molecular formula is C12H13NO4. The molecule has 0 saturated heterocycles. The third kappa shape index (κ3) is 1.84. The smallest absolute Gasteiger partial charge is 0.420 e. The molecule has 0 fully saturated rings. The molecule has 0 saturated carbocycles. The van der Waals surface area contributed by atoms with E-state index in [2.05, 4.69) is 0 Å². The molecule has 0 spiro atoms. The van der Waals surface area contributed by atoms with Gasteiger partial charge in [0.25, 0.3) is 0 Å². The highest BCUT2D eigenvalue weighted by atomic mass is 16.5. The Bertz CT molecular complexity index is 596. The first kappa shape index (κ1) is 11.4. The second kappa shape index (κ2) is 4.45. The Labute approximate surface area is 97.6 Å². The number of hydrogen-bond acceptors (Lipinski definition) is 4. The molecule has 5 heteroatoms. The van der Waals surface area contributed by atoms with Gasteiger partial charge in [-0.2, -0.15) is 0 Å². The number of para-hydroxylation sites is 2. The molecule has 17 heavy (non-hydrogen) atoms. The van der Waals surface area contributed by atoms with E-state index in [1.165, 1.54) is 11.7 Å². The summed E-state index contributed by atoms with van der Waals surface area (Å²) in [6.45, 7) is 1.82. The molecule has 2 rings (SSSR count). The zero-order valence-corrected chi connectivity index (χ0v) is 9.67. The lowest BCUT2D eigenvalue weighted by Crippen LogP contribution is -2.27. The molecule has 90 valence electrons. The highest BCUT2D eigenvalue weighted by Gasteiger charge is 2.24. The molecule has 0 amide bonds. The number of carbonyl (C=O) groups is 1. The average Bonchev–Trinajstić information content (AvgIpc) is 2.67. The number of methoxy groups -OCH3 is 1. The van der Waals surface area contributed by atoms with E-state index in [9.17, 15) is 9.59 Å². The second-order valence-electron chi connectivity index (χ2n) is 3.65. The van der Waals surface area contributed by atoms with Crippen molar-refractivity contribution in [1.29, 1.82) is 0 Å². The Morgan fingerprint density at radius 3 is 2.82 bits per heavy atom. The molecule has 1 aromatic heterocycles. The van der Waals surface area contributed by atoms with E-state index in [4.69, 9.17) is 9.15 Å². The minimum absolute atomic E-state index is 0.443. The van der Waals surface area contributed by atoms with E-state index < -0.39 is 17.8 Å². The predicted octanol–water partition coefficient (Wildman–Crippen LogP) is 1.72. The Kier molecular flexibility index (Phi) is 2.99. The van der Waals surface area contributed by atoms with Crippen LogP contribution in [0.15, 0.2) is 33.5 Å². The summed E-state index contributed by atoms with van der Waals surface area (Å²) in [6.07, 6.45) is 0.468. The first-order chi connectivity index (χ1) is 8.19. The third-order valence-electron chi connectivity index (χ3n) is 2.69. The van der Waals surface area contributed by atoms with Gasteiger partial charge in [0.1, 0.15) is 6.04 Å². The largest absolute Gasteiger partial charge is 0.467 e. The number of fused-ring (bicyclic) bond motifs is 1. The number of nitrogens with zero attached hydrogens (tertiary/aromatic N) is 1. The van der Waals surface area contributed by atoms with Crippen LogP contribution in [0, 0.1) is 0 Å². The van der Waals surface area contributed by atoms with Crippen molar-refractivity contribution in [3.8, 4) is 0 Å². The Morgan fingerprint density at radius 2 is 2.18 bits per heavy atom. The van der Waals surface area contributed by atoms with Gasteiger partial charge in [-0.05, 0) is 18.6 Å². The first-order valence-corrected chi connectivity index (χ1v) is 5.37. The summed E-state index contributed by atoms with van der Waals surface area (Å²) in [5.74, 6) is -0.982. The van der Waals surface area contributed by atoms with Gasteiger partial charge in [-0.1, -0.05) is 19.1 Å². The van der Waals surface area contributed by atoms with Crippen LogP contribution in [0.4, 0.5) is 0 Å². The molecule has 2 aromatic rings. The van der Waals surface area contributed by atoms with Crippen molar-refractivity contribution in [2.24, 2.45) is 0 Å². The van der Waals surface area contributed by atoms with E-state index in [0.29, 0.717) is 17.5 Å². The first-order valence-electron chi connectivity index (χ1n) is 5.37. The molecule has 0 aliphatic rings. The summed E-state index contributed by atoms with van der Waals surface area (Å²) in [5.41, 5.74) is 1.08. The number of benzene rings is 1. The second-order valence-corrected chi connectivity index (χ2v) is 3.65. The van der Waals surface area contributed by atoms with Crippen LogP contribution in [-0.2, 0) is 9.53 Å². The SMILES string of the molecule is CCC(C(=O)OC)n1c(=O)oc2ccccc21. The summed E-state index contributed by atoms with van der Waals surface area (Å²) in [7, 11) is 1.30. The molecule has 0 N–H and O–H groups in total. The van der Waals surface area contributed by atoms with E-state index in [1.54, 1.807) is 24.3 Å². The average molecular weight is 235 g/mol. The molecule has 1 unspecified atom stereocenters. The van der Waals surface area contributed by atoms with Crippen molar-refractivity contribution in [2.75, 3.05) is 7.11 Å². The predicted molar refractivity (Wildman–Crippen MR) is 61.8 cm³/mol. The standard InChI is InChI=1S/C12H13NO4/c1-3-8(11(14)16-2)13-9-6-4-5-7-10(9)17-12(13)15/h4-8H,3H2,1-2H3. The van der Waals surface area contributed by atoms with Crippen molar-refractivity contribution in [3.63, 3.8) is 0 Å². The fraction of sp³-hybridized carbons (Fsp3) is 0.333. The van der Waals surface area contributed by atoms with Gasteiger partial charge in [-0.25, -0.2) is 9.59 Å². The van der Waals surface area contributed by atoms with Gasteiger partial charge in [0, 0.05) is 0 Å². The number of hydrogen-bond donors (Lipinski definition) is 0. The highest BCUT2D eigenvalue weighted by Crippen LogP contribution is 2.19. The highest BCUT2D eigenvalue weighted by molar-refractivity contribution is 5.79. The molecule has 1 atom stereocenters. The van der Waals surface area contributed by atoms with Crippen LogP contribution in [0.3, 0.4) is 0 Å². The molecular weight excluding hydrogens is 222 g/mol. The molecule has 0 bridgehead atoms. The van der Waals surface area contributed by atoms with Crippen LogP contribution in [0.2, 0.25) is 0 Å². The van der Waals surface area contributed by atoms with Gasteiger partial charge in [-0.3, -0.25) is 4.57 Å². The van der Waals surface area contributed by atoms with Crippen LogP contribution < -0.4 is 5.76 Å². The van der Waals surface area contributed by atoms with Crippen LogP contribution in [-0.4, -0.2) is 17.6 Å². The summed E-state index contributed by atoms with van der Waals surface area (Å²) >= 11 is 0. The number of ether oxygens (including phenoxy) is 1. The maximum absolute atomic E-state index is 11.7. The van der Waals surface area contributed by atoms with Crippen molar-refractivity contribution < 1.29 is 13.9 Å². The van der Waals surface area contributed by atoms with Gasteiger partial charge in [0.15, 0.2) is 5.58 Å². The Balaban J connectivity index is 2.64. The third-order valence-corrected chi connectivity index (χ3v) is 2.69. The zero-order valence-electron chi connectivity index (χ0n) is 9.67. The molecule has 5 nitrogen and oxygen atoms in total. The lowest BCUT2D eigenvalue weighted by Gasteiger charge is -2.12. The minimum atomic E-state index is -0.642. The normalized spacial score (nSPS) is 12.6. The zero-order chi connectivity index (χ0) is 12.4. The number of rotatable bonds is 3. The Morgan fingerprint density at radius 1 is 1.47 bits per heavy atom. The van der Waals surface area contributed by atoms with Crippen molar-refractivity contribution in [1.82, 2.24) is 4.57 Å². The van der Waals surface area contributed by atoms with E-state index in [0.717, 1.165) is 0 Å². The number of carbonyl (C=O) groups excluding carboxylic acids is 1. The van der Waals surface area contributed by atoms with Gasteiger partial charge in [-0.15, -0.1) is 0 Å². The van der Waals surface area contributed by atoms with Crippen molar-refractivity contribution in [2.45, 2.75) is 19.4 Å². The van der Waals surface area contributed by atoms with Gasteiger partial charge in [0.05, 0.1) is 12.6 Å². The van der Waals surface area contributed by atoms with E-state index in [-0.39, 0.29) is 0 Å². The summed E-state index contributed by atoms with van der Waals surface area (Å²) in [5, 5.41) is 0. The van der Waals surface area contributed by atoms with Gasteiger partial charge < -0.3 is 9.15 Å². The molecule has 1 heterocycles. The maximum Gasteiger partial charge on any atom is 0.420 e. The molecule has 0 aliphatic carbocycles. The molecule has 0 radical (unpaired) electrons. The van der Waals surface area contributed by atoms with Gasteiger partial charge >= 0.3 is 11.7 Å². The number of aromatic nitrogens is 1. The molecule has 0 aliphatic heterocycles. The van der Waals surface area contributed by atoms with Crippen LogP contribution >= 0.6 is 0 Å². The summed E-state index contributed by atoms with van der Waals surface area (Å²) in [6, 6.07) is 6.35.